The Bertz CT molecular complexity index is 300. The van der Waals surface area contributed by atoms with Gasteiger partial charge in [0.1, 0.15) is 5.75 Å². The highest BCUT2D eigenvalue weighted by atomic mass is 16.5. The molecular formula is C10H12N2O. The van der Waals surface area contributed by atoms with Crippen LogP contribution in [0.25, 0.3) is 4.85 Å². The molecule has 1 unspecified atom stereocenters. The van der Waals surface area contributed by atoms with Gasteiger partial charge in [0, 0.05) is 12.6 Å². The normalized spacial score (nSPS) is 11.8. The molecule has 1 aromatic heterocycles. The molecule has 0 aliphatic heterocycles. The molecule has 1 aromatic rings. The summed E-state index contributed by atoms with van der Waals surface area (Å²) in [6.07, 6.45) is 2.37. The van der Waals surface area contributed by atoms with E-state index in [4.69, 9.17) is 11.3 Å². The van der Waals surface area contributed by atoms with Crippen LogP contribution in [0.15, 0.2) is 18.3 Å². The molecule has 0 N–H and O–H groups in total. The molecule has 0 amide bonds. The zero-order valence-electron chi connectivity index (χ0n) is 7.82. The van der Waals surface area contributed by atoms with Gasteiger partial charge in [0.15, 0.2) is 0 Å². The summed E-state index contributed by atoms with van der Waals surface area (Å²) in [5.41, 5.74) is 0.935. The summed E-state index contributed by atoms with van der Waals surface area (Å²) in [4.78, 5) is 7.57. The minimum Gasteiger partial charge on any atom is -0.495 e. The van der Waals surface area contributed by atoms with Gasteiger partial charge >= 0.3 is 0 Å². The van der Waals surface area contributed by atoms with Crippen LogP contribution in [0, 0.1) is 6.57 Å². The molecule has 0 saturated heterocycles. The average Bonchev–Trinajstić information content (AvgIpc) is 2.19. The van der Waals surface area contributed by atoms with Gasteiger partial charge in [0.05, 0.1) is 19.7 Å². The highest BCUT2D eigenvalue weighted by Crippen LogP contribution is 2.09. The Kier molecular flexibility index (Phi) is 3.27. The number of aromatic nitrogens is 1. The van der Waals surface area contributed by atoms with Gasteiger partial charge in [-0.15, -0.1) is 0 Å². The second-order valence-electron chi connectivity index (χ2n) is 2.87. The van der Waals surface area contributed by atoms with E-state index in [1.54, 1.807) is 13.3 Å². The van der Waals surface area contributed by atoms with Crippen LogP contribution in [0.5, 0.6) is 5.75 Å². The van der Waals surface area contributed by atoms with Gasteiger partial charge in [-0.25, -0.2) is 6.57 Å². The Morgan fingerprint density at radius 2 is 2.38 bits per heavy atom. The highest BCUT2D eigenvalue weighted by molar-refractivity contribution is 5.20. The molecule has 3 heteroatoms. The van der Waals surface area contributed by atoms with E-state index >= 15 is 0 Å². The van der Waals surface area contributed by atoms with E-state index in [1.165, 1.54) is 0 Å². The van der Waals surface area contributed by atoms with Crippen LogP contribution in [0.1, 0.15) is 12.6 Å². The lowest BCUT2D eigenvalue weighted by atomic mass is 10.2. The third-order valence-corrected chi connectivity index (χ3v) is 1.76. The first-order valence-electron chi connectivity index (χ1n) is 4.11. The summed E-state index contributed by atoms with van der Waals surface area (Å²) in [6, 6.07) is 3.75. The summed E-state index contributed by atoms with van der Waals surface area (Å²) in [6.45, 7) is 8.70. The lowest BCUT2D eigenvalue weighted by Gasteiger charge is -2.01. The van der Waals surface area contributed by atoms with Crippen molar-refractivity contribution in [3.63, 3.8) is 0 Å². The van der Waals surface area contributed by atoms with E-state index in [0.717, 1.165) is 11.4 Å². The molecular weight excluding hydrogens is 164 g/mol. The number of pyridine rings is 1. The monoisotopic (exact) mass is 176 g/mol. The molecule has 0 spiro atoms. The molecule has 13 heavy (non-hydrogen) atoms. The maximum absolute atomic E-state index is 6.81. The van der Waals surface area contributed by atoms with E-state index in [2.05, 4.69) is 9.83 Å². The Morgan fingerprint density at radius 3 is 2.85 bits per heavy atom. The summed E-state index contributed by atoms with van der Waals surface area (Å²) in [5.74, 6) is 0.749. The van der Waals surface area contributed by atoms with Crippen molar-refractivity contribution in [1.82, 2.24) is 4.98 Å². The van der Waals surface area contributed by atoms with Gasteiger partial charge in [-0.1, -0.05) is 0 Å². The predicted octanol–water partition coefficient (Wildman–Crippen LogP) is 1.94. The topological polar surface area (TPSA) is 26.5 Å². The van der Waals surface area contributed by atoms with Crippen molar-refractivity contribution in [3.8, 4) is 5.75 Å². The number of ether oxygens (including phenoxy) is 1. The van der Waals surface area contributed by atoms with Crippen LogP contribution >= 0.6 is 0 Å². The molecule has 1 rings (SSSR count). The number of rotatable bonds is 3. The Hall–Kier alpha value is -1.56. The fraction of sp³-hybridized carbons (Fsp3) is 0.400. The van der Waals surface area contributed by atoms with Crippen LogP contribution in [0.4, 0.5) is 0 Å². The standard InChI is InChI=1S/C10H12N2O/c1-8(11-2)6-9-4-5-10(13-3)7-12-9/h4-5,7-8H,6H2,1,3H3. The third kappa shape index (κ3) is 2.75. The van der Waals surface area contributed by atoms with Gasteiger partial charge in [0.25, 0.3) is 0 Å². The van der Waals surface area contributed by atoms with Crippen molar-refractivity contribution in [3.05, 3.63) is 35.4 Å². The zero-order chi connectivity index (χ0) is 9.68. The first-order chi connectivity index (χ1) is 6.26. The van der Waals surface area contributed by atoms with Crippen molar-refractivity contribution in [2.24, 2.45) is 0 Å². The molecule has 0 aliphatic carbocycles. The lowest BCUT2D eigenvalue weighted by molar-refractivity contribution is 0.412. The van der Waals surface area contributed by atoms with Crippen LogP contribution in [-0.2, 0) is 6.42 Å². The highest BCUT2D eigenvalue weighted by Gasteiger charge is 2.06. The Labute approximate surface area is 78.2 Å². The summed E-state index contributed by atoms with van der Waals surface area (Å²) in [5, 5.41) is 0. The molecule has 1 atom stereocenters. The van der Waals surface area contributed by atoms with Crippen LogP contribution in [0.2, 0.25) is 0 Å². The summed E-state index contributed by atoms with van der Waals surface area (Å²) < 4.78 is 4.98. The lowest BCUT2D eigenvalue weighted by Crippen LogP contribution is -2.02. The van der Waals surface area contributed by atoms with Crippen LogP contribution in [-0.4, -0.2) is 18.1 Å². The van der Waals surface area contributed by atoms with Crippen molar-refractivity contribution < 1.29 is 4.74 Å². The predicted molar refractivity (Wildman–Crippen MR) is 50.6 cm³/mol. The molecule has 0 radical (unpaired) electrons. The summed E-state index contributed by atoms with van der Waals surface area (Å²) >= 11 is 0. The first kappa shape index (κ1) is 9.53. The quantitative estimate of drug-likeness (QED) is 0.658. The van der Waals surface area contributed by atoms with Crippen molar-refractivity contribution in [1.29, 1.82) is 0 Å². The second kappa shape index (κ2) is 4.46. The minimum atomic E-state index is 0.000829. The summed E-state index contributed by atoms with van der Waals surface area (Å²) in [7, 11) is 1.61. The van der Waals surface area contributed by atoms with Crippen molar-refractivity contribution in [2.75, 3.05) is 7.11 Å². The smallest absolute Gasteiger partial charge is 0.226 e. The van der Waals surface area contributed by atoms with E-state index in [-0.39, 0.29) is 6.04 Å². The molecule has 0 aromatic carbocycles. The average molecular weight is 176 g/mol. The van der Waals surface area contributed by atoms with Crippen LogP contribution < -0.4 is 4.74 Å². The first-order valence-corrected chi connectivity index (χ1v) is 4.11. The molecule has 0 fully saturated rings. The van der Waals surface area contributed by atoms with E-state index in [1.807, 2.05) is 19.1 Å². The van der Waals surface area contributed by atoms with Gasteiger partial charge < -0.3 is 9.58 Å². The van der Waals surface area contributed by atoms with Crippen molar-refractivity contribution >= 4 is 0 Å². The molecule has 0 bridgehead atoms. The number of hydrogen-bond acceptors (Lipinski definition) is 2. The fourth-order valence-electron chi connectivity index (χ4n) is 1.00. The Morgan fingerprint density at radius 1 is 1.62 bits per heavy atom. The minimum absolute atomic E-state index is 0.000829. The number of nitrogens with zero attached hydrogens (tertiary/aromatic N) is 2. The SMILES string of the molecule is [C-]#[N+]C(C)Cc1ccc(OC)cn1. The molecule has 0 aliphatic rings. The largest absolute Gasteiger partial charge is 0.495 e. The van der Waals surface area contributed by atoms with E-state index in [0.29, 0.717) is 6.42 Å². The van der Waals surface area contributed by atoms with Gasteiger partial charge in [-0.3, -0.25) is 4.98 Å². The molecule has 1 heterocycles. The molecule has 68 valence electrons. The maximum atomic E-state index is 6.81. The van der Waals surface area contributed by atoms with Gasteiger partial charge in [-0.05, 0) is 12.1 Å². The fourth-order valence-corrected chi connectivity index (χ4v) is 1.00. The second-order valence-corrected chi connectivity index (χ2v) is 2.87. The number of methoxy groups -OCH3 is 1. The molecule has 3 nitrogen and oxygen atoms in total. The van der Waals surface area contributed by atoms with E-state index < -0.39 is 0 Å². The maximum Gasteiger partial charge on any atom is 0.226 e. The molecule has 0 saturated carbocycles. The van der Waals surface area contributed by atoms with Crippen LogP contribution in [0.3, 0.4) is 0 Å². The van der Waals surface area contributed by atoms with Gasteiger partial charge in [0.2, 0.25) is 6.04 Å². The van der Waals surface area contributed by atoms with Gasteiger partial charge in [-0.2, -0.15) is 0 Å². The Balaban J connectivity index is 2.65. The number of hydrogen-bond donors (Lipinski definition) is 0. The van der Waals surface area contributed by atoms with E-state index in [9.17, 15) is 0 Å². The zero-order valence-corrected chi connectivity index (χ0v) is 7.82. The third-order valence-electron chi connectivity index (χ3n) is 1.76. The van der Waals surface area contributed by atoms with Crippen molar-refractivity contribution in [2.45, 2.75) is 19.4 Å².